The molecule has 0 aliphatic heterocycles. The highest BCUT2D eigenvalue weighted by Gasteiger charge is 2.09. The summed E-state index contributed by atoms with van der Waals surface area (Å²) in [5, 5.41) is 9.30. The summed E-state index contributed by atoms with van der Waals surface area (Å²) in [6.07, 6.45) is 7.43. The lowest BCUT2D eigenvalue weighted by atomic mass is 10.1. The Kier molecular flexibility index (Phi) is 8.07. The van der Waals surface area contributed by atoms with E-state index in [-0.39, 0.29) is 6.61 Å². The summed E-state index contributed by atoms with van der Waals surface area (Å²) in [6, 6.07) is 5.58. The predicted molar refractivity (Wildman–Crippen MR) is 77.8 cm³/mol. The molecule has 1 aromatic carbocycles. The monoisotopic (exact) mass is 266 g/mol. The van der Waals surface area contributed by atoms with Crippen LogP contribution in [0.4, 0.5) is 0 Å². The maximum Gasteiger partial charge on any atom is 0.166 e. The molecule has 0 radical (unpaired) electrons. The van der Waals surface area contributed by atoms with Crippen molar-refractivity contribution in [1.82, 2.24) is 0 Å². The van der Waals surface area contributed by atoms with Crippen LogP contribution < -0.4 is 9.47 Å². The molecule has 0 saturated heterocycles. The van der Waals surface area contributed by atoms with Crippen molar-refractivity contribution in [3.63, 3.8) is 0 Å². The number of hydrogen-bond donors (Lipinski definition) is 1. The molecule has 0 saturated carbocycles. The number of unbranched alkanes of at least 4 members (excludes halogenated alkanes) is 5. The molecule has 19 heavy (non-hydrogen) atoms. The van der Waals surface area contributed by atoms with Gasteiger partial charge in [0.05, 0.1) is 20.3 Å². The van der Waals surface area contributed by atoms with Crippen LogP contribution in [0.15, 0.2) is 18.2 Å². The van der Waals surface area contributed by atoms with Crippen LogP contribution in [-0.4, -0.2) is 18.8 Å². The minimum atomic E-state index is -0.0248. The highest BCUT2D eigenvalue weighted by molar-refractivity contribution is 5.46. The van der Waals surface area contributed by atoms with Crippen molar-refractivity contribution in [2.45, 2.75) is 52.1 Å². The Bertz CT molecular complexity index is 328. The number of benzene rings is 1. The number of aliphatic hydroxyl groups is 1. The minimum Gasteiger partial charge on any atom is -0.493 e. The van der Waals surface area contributed by atoms with Gasteiger partial charge in [0, 0.05) is 5.56 Å². The van der Waals surface area contributed by atoms with E-state index < -0.39 is 0 Å². The highest BCUT2D eigenvalue weighted by atomic mass is 16.5. The topological polar surface area (TPSA) is 38.7 Å². The summed E-state index contributed by atoms with van der Waals surface area (Å²) < 4.78 is 11.0. The third kappa shape index (κ3) is 5.52. The van der Waals surface area contributed by atoms with Gasteiger partial charge in [0.15, 0.2) is 11.5 Å². The molecule has 0 bridgehead atoms. The average molecular weight is 266 g/mol. The number of rotatable bonds is 10. The zero-order chi connectivity index (χ0) is 13.9. The fourth-order valence-corrected chi connectivity index (χ4v) is 2.07. The van der Waals surface area contributed by atoms with Gasteiger partial charge in [-0.3, -0.25) is 0 Å². The van der Waals surface area contributed by atoms with Gasteiger partial charge >= 0.3 is 0 Å². The maximum atomic E-state index is 9.30. The van der Waals surface area contributed by atoms with Gasteiger partial charge in [-0.2, -0.15) is 0 Å². The van der Waals surface area contributed by atoms with Crippen molar-refractivity contribution in [2.24, 2.45) is 0 Å². The lowest BCUT2D eigenvalue weighted by molar-refractivity contribution is 0.251. The van der Waals surface area contributed by atoms with Crippen molar-refractivity contribution in [2.75, 3.05) is 13.7 Å². The molecule has 3 heteroatoms. The molecule has 0 atom stereocenters. The molecule has 1 rings (SSSR count). The van der Waals surface area contributed by atoms with Crippen molar-refractivity contribution in [3.05, 3.63) is 23.8 Å². The standard InChI is InChI=1S/C16H26O3/c1-3-4-5-6-7-8-12-19-16-14(13-17)10-9-11-15(16)18-2/h9-11,17H,3-8,12-13H2,1-2H3. The molecular formula is C16H26O3. The van der Waals surface area contributed by atoms with E-state index in [4.69, 9.17) is 9.47 Å². The Morgan fingerprint density at radius 2 is 1.79 bits per heavy atom. The van der Waals surface area contributed by atoms with Crippen LogP contribution in [-0.2, 0) is 6.61 Å². The summed E-state index contributed by atoms with van der Waals surface area (Å²) in [7, 11) is 1.62. The van der Waals surface area contributed by atoms with Gasteiger partial charge in [0.25, 0.3) is 0 Å². The van der Waals surface area contributed by atoms with E-state index >= 15 is 0 Å². The number of ether oxygens (including phenoxy) is 2. The van der Waals surface area contributed by atoms with Gasteiger partial charge < -0.3 is 14.6 Å². The number of para-hydroxylation sites is 1. The molecule has 0 aromatic heterocycles. The lowest BCUT2D eigenvalue weighted by Crippen LogP contribution is -2.02. The molecule has 0 heterocycles. The first-order valence-electron chi connectivity index (χ1n) is 7.23. The largest absolute Gasteiger partial charge is 0.493 e. The molecule has 0 amide bonds. The third-order valence-electron chi connectivity index (χ3n) is 3.20. The first-order valence-corrected chi connectivity index (χ1v) is 7.23. The van der Waals surface area contributed by atoms with Crippen molar-refractivity contribution >= 4 is 0 Å². The Morgan fingerprint density at radius 1 is 1.05 bits per heavy atom. The maximum absolute atomic E-state index is 9.30. The van der Waals surface area contributed by atoms with Gasteiger partial charge in [-0.25, -0.2) is 0 Å². The van der Waals surface area contributed by atoms with E-state index in [9.17, 15) is 5.11 Å². The summed E-state index contributed by atoms with van der Waals surface area (Å²) in [6.45, 7) is 2.88. The van der Waals surface area contributed by atoms with Crippen LogP contribution in [0.3, 0.4) is 0 Å². The van der Waals surface area contributed by atoms with Crippen LogP contribution in [0, 0.1) is 0 Å². The molecule has 3 nitrogen and oxygen atoms in total. The number of aliphatic hydroxyl groups excluding tert-OH is 1. The molecule has 0 aliphatic carbocycles. The van der Waals surface area contributed by atoms with Gasteiger partial charge in [0.2, 0.25) is 0 Å². The molecule has 0 fully saturated rings. The molecular weight excluding hydrogens is 240 g/mol. The normalized spacial score (nSPS) is 10.5. The Labute approximate surface area is 116 Å². The Hall–Kier alpha value is -1.22. The fourth-order valence-electron chi connectivity index (χ4n) is 2.07. The lowest BCUT2D eigenvalue weighted by Gasteiger charge is -2.13. The summed E-state index contributed by atoms with van der Waals surface area (Å²) in [5.41, 5.74) is 0.783. The van der Waals surface area contributed by atoms with E-state index in [0.29, 0.717) is 18.1 Å². The van der Waals surface area contributed by atoms with Gasteiger partial charge in [-0.1, -0.05) is 51.2 Å². The number of methoxy groups -OCH3 is 1. The number of hydrogen-bond acceptors (Lipinski definition) is 3. The van der Waals surface area contributed by atoms with E-state index in [1.54, 1.807) is 7.11 Å². The smallest absolute Gasteiger partial charge is 0.166 e. The van der Waals surface area contributed by atoms with E-state index in [1.807, 2.05) is 18.2 Å². The van der Waals surface area contributed by atoms with Gasteiger partial charge in [0.1, 0.15) is 0 Å². The van der Waals surface area contributed by atoms with Crippen molar-refractivity contribution in [1.29, 1.82) is 0 Å². The second-order valence-corrected chi connectivity index (χ2v) is 4.72. The molecule has 1 N–H and O–H groups in total. The quantitative estimate of drug-likeness (QED) is 0.652. The second kappa shape index (κ2) is 9.68. The predicted octanol–water partition coefficient (Wildman–Crippen LogP) is 3.93. The second-order valence-electron chi connectivity index (χ2n) is 4.72. The van der Waals surface area contributed by atoms with E-state index in [0.717, 1.165) is 12.0 Å². The summed E-state index contributed by atoms with van der Waals surface area (Å²) >= 11 is 0. The SMILES string of the molecule is CCCCCCCCOc1c(CO)cccc1OC. The zero-order valence-corrected chi connectivity index (χ0v) is 12.2. The summed E-state index contributed by atoms with van der Waals surface area (Å²) in [4.78, 5) is 0. The van der Waals surface area contributed by atoms with Crippen LogP contribution in [0.1, 0.15) is 51.0 Å². The molecule has 1 aromatic rings. The van der Waals surface area contributed by atoms with Gasteiger partial charge in [-0.05, 0) is 12.5 Å². The molecule has 0 unspecified atom stereocenters. The fraction of sp³-hybridized carbons (Fsp3) is 0.625. The molecule has 0 spiro atoms. The first-order chi connectivity index (χ1) is 9.33. The Morgan fingerprint density at radius 3 is 2.47 bits per heavy atom. The first kappa shape index (κ1) is 15.8. The van der Waals surface area contributed by atoms with Crippen molar-refractivity contribution in [3.8, 4) is 11.5 Å². The van der Waals surface area contributed by atoms with Gasteiger partial charge in [-0.15, -0.1) is 0 Å². The Balaban J connectivity index is 2.35. The van der Waals surface area contributed by atoms with Crippen LogP contribution in [0.5, 0.6) is 11.5 Å². The van der Waals surface area contributed by atoms with Crippen LogP contribution in [0.25, 0.3) is 0 Å². The molecule has 0 aliphatic rings. The van der Waals surface area contributed by atoms with E-state index in [2.05, 4.69) is 6.92 Å². The van der Waals surface area contributed by atoms with Crippen LogP contribution in [0.2, 0.25) is 0 Å². The minimum absolute atomic E-state index is 0.0248. The highest BCUT2D eigenvalue weighted by Crippen LogP contribution is 2.31. The van der Waals surface area contributed by atoms with Crippen LogP contribution >= 0.6 is 0 Å². The third-order valence-corrected chi connectivity index (χ3v) is 3.20. The summed E-state index contributed by atoms with van der Waals surface area (Å²) in [5.74, 6) is 1.37. The van der Waals surface area contributed by atoms with Crippen molar-refractivity contribution < 1.29 is 14.6 Å². The zero-order valence-electron chi connectivity index (χ0n) is 12.2. The average Bonchev–Trinajstić information content (AvgIpc) is 2.46. The van der Waals surface area contributed by atoms with E-state index in [1.165, 1.54) is 32.1 Å². The molecule has 108 valence electrons.